The van der Waals surface area contributed by atoms with Crippen LogP contribution in [0.1, 0.15) is 272 Å². The second kappa shape index (κ2) is 59.1. The maximum Gasteiger partial charge on any atom is 0.307 e. The first kappa shape index (κ1) is 74.9. The average molecular weight is 1120 g/mol. The van der Waals surface area contributed by atoms with Crippen molar-refractivity contribution in [2.24, 2.45) is 0 Å². The van der Waals surface area contributed by atoms with Crippen LogP contribution in [0.5, 0.6) is 0 Å². The van der Waals surface area contributed by atoms with Gasteiger partial charge in [0.05, 0.1) is 39.1 Å². The van der Waals surface area contributed by atoms with Crippen LogP contribution in [0.15, 0.2) is 48.6 Å². The van der Waals surface area contributed by atoms with E-state index in [1.165, 1.54) is 103 Å². The van der Waals surface area contributed by atoms with Gasteiger partial charge in [-0.2, -0.15) is 0 Å². The normalized spacial score (nSPS) is 15.2. The Bertz CT molecular complexity index is 1550. The zero-order valence-corrected chi connectivity index (χ0v) is 52.7. The van der Waals surface area contributed by atoms with Crippen LogP contribution in [0.3, 0.4) is 0 Å². The second-order valence-electron chi connectivity index (χ2n) is 22.9. The molecule has 0 amide bonds. The zero-order valence-electron chi connectivity index (χ0n) is 52.7. The fourth-order valence-electron chi connectivity index (χ4n) is 10.1. The molecule has 464 valence electrons. The van der Waals surface area contributed by atoms with Crippen LogP contribution >= 0.6 is 0 Å². The van der Waals surface area contributed by atoms with E-state index in [1.807, 2.05) is 0 Å². The van der Waals surface area contributed by atoms with Gasteiger partial charge in [-0.05, 0) is 161 Å². The fraction of sp³-hybridized carbons (Fsp3) is 0.826. The van der Waals surface area contributed by atoms with Crippen LogP contribution in [-0.2, 0) is 33.4 Å². The molecule has 0 radical (unpaired) electrons. The summed E-state index contributed by atoms with van der Waals surface area (Å²) in [4.78, 5) is 62.2. The van der Waals surface area contributed by atoms with Crippen LogP contribution in [0.25, 0.3) is 0 Å². The Kier molecular flexibility index (Phi) is 55.3. The van der Waals surface area contributed by atoms with E-state index in [0.717, 1.165) is 168 Å². The number of rotatable bonds is 51. The minimum absolute atomic E-state index is 0.140. The van der Waals surface area contributed by atoms with E-state index >= 15 is 0 Å². The molecular weight excluding hydrogens is 997 g/mol. The number of unbranched alkanes of at least 4 members (excludes halogenated alkanes) is 23. The van der Waals surface area contributed by atoms with Crippen LogP contribution < -0.4 is 0 Å². The first-order valence-electron chi connectivity index (χ1n) is 33.8. The fourth-order valence-corrected chi connectivity index (χ4v) is 10.1. The van der Waals surface area contributed by atoms with E-state index in [2.05, 4.69) is 95.9 Å². The molecule has 0 aromatic heterocycles. The third kappa shape index (κ3) is 51.7. The van der Waals surface area contributed by atoms with Gasteiger partial charge in [-0.25, -0.2) is 0 Å². The predicted octanol–water partition coefficient (Wildman–Crippen LogP) is 16.5. The van der Waals surface area contributed by atoms with Crippen LogP contribution in [0.4, 0.5) is 0 Å². The van der Waals surface area contributed by atoms with Gasteiger partial charge in [-0.15, -0.1) is 0 Å². The van der Waals surface area contributed by atoms with E-state index in [0.29, 0.717) is 77.3 Å². The first-order valence-corrected chi connectivity index (χ1v) is 33.8. The lowest BCUT2D eigenvalue weighted by Gasteiger charge is -2.32. The Hall–Kier alpha value is -3.12. The van der Waals surface area contributed by atoms with Gasteiger partial charge < -0.3 is 33.8 Å². The predicted molar refractivity (Wildman–Crippen MR) is 338 cm³/mol. The van der Waals surface area contributed by atoms with Gasteiger partial charge in [0.15, 0.2) is 0 Å². The van der Waals surface area contributed by atoms with Crippen molar-refractivity contribution < 1.29 is 33.4 Å². The third-order valence-corrected chi connectivity index (χ3v) is 15.4. The number of carbonyl (C=O) groups is 4. The SMILES string of the molecule is CCCCCC/C=C\CCCCOC(=O)CCN1CCCN(CCC(=O)OCCCC/C=C\CCCCCC)CCN(CCC(=O)OCCCC/C=C\CCCCCC)CCCN(CCC(=O)CCC/C=C\CCCCCC)CC1. The Morgan fingerprint density at radius 1 is 0.287 bits per heavy atom. The molecule has 0 aromatic rings. The topological polar surface area (TPSA) is 109 Å². The first-order chi connectivity index (χ1) is 39.3. The quantitative estimate of drug-likeness (QED) is 0.0251. The van der Waals surface area contributed by atoms with Gasteiger partial charge in [-0.3, -0.25) is 19.2 Å². The summed E-state index contributed by atoms with van der Waals surface area (Å²) in [5.74, 6) is -0.101. The maximum absolute atomic E-state index is 13.3. The Morgan fingerprint density at radius 2 is 0.537 bits per heavy atom. The number of carbonyl (C=O) groups excluding carboxylic acids is 4. The van der Waals surface area contributed by atoms with Crippen molar-refractivity contribution >= 4 is 23.7 Å². The summed E-state index contributed by atoms with van der Waals surface area (Å²) in [6.07, 6.45) is 58.0. The molecule has 80 heavy (non-hydrogen) atoms. The number of allylic oxidation sites excluding steroid dienone is 8. The zero-order chi connectivity index (χ0) is 57.9. The van der Waals surface area contributed by atoms with E-state index in [4.69, 9.17) is 14.2 Å². The van der Waals surface area contributed by atoms with Crippen molar-refractivity contribution in [3.05, 3.63) is 48.6 Å². The summed E-state index contributed by atoms with van der Waals surface area (Å²) in [7, 11) is 0. The molecule has 1 fully saturated rings. The minimum Gasteiger partial charge on any atom is -0.466 e. The molecule has 0 aliphatic carbocycles. The highest BCUT2D eigenvalue weighted by molar-refractivity contribution is 5.78. The second-order valence-corrected chi connectivity index (χ2v) is 22.9. The van der Waals surface area contributed by atoms with E-state index in [9.17, 15) is 19.2 Å². The number of hydrogen-bond donors (Lipinski definition) is 0. The van der Waals surface area contributed by atoms with Crippen LogP contribution in [0.2, 0.25) is 0 Å². The summed E-state index contributed by atoms with van der Waals surface area (Å²) in [6, 6.07) is 0. The molecule has 1 saturated heterocycles. The van der Waals surface area contributed by atoms with E-state index < -0.39 is 0 Å². The van der Waals surface area contributed by atoms with Crippen molar-refractivity contribution in [2.75, 3.05) is 98.4 Å². The largest absolute Gasteiger partial charge is 0.466 e. The molecule has 1 heterocycles. The third-order valence-electron chi connectivity index (χ3n) is 15.4. The summed E-state index contributed by atoms with van der Waals surface area (Å²) < 4.78 is 17.2. The molecule has 0 unspecified atom stereocenters. The molecule has 11 nitrogen and oxygen atoms in total. The van der Waals surface area contributed by atoms with Crippen LogP contribution in [0, 0.1) is 0 Å². The number of hydrogen-bond acceptors (Lipinski definition) is 11. The Morgan fingerprint density at radius 3 is 0.812 bits per heavy atom. The van der Waals surface area contributed by atoms with Gasteiger partial charge in [0.1, 0.15) is 5.78 Å². The Labute approximate surface area is 493 Å². The average Bonchev–Trinajstić information content (AvgIpc) is 3.45. The van der Waals surface area contributed by atoms with E-state index in [1.54, 1.807) is 0 Å². The number of Topliss-reactive ketones (excluding diaryl/α,β-unsaturated/α-hetero) is 1. The van der Waals surface area contributed by atoms with Gasteiger partial charge in [0, 0.05) is 65.2 Å². The van der Waals surface area contributed by atoms with Crippen molar-refractivity contribution in [1.82, 2.24) is 19.6 Å². The van der Waals surface area contributed by atoms with Gasteiger partial charge in [0.2, 0.25) is 0 Å². The number of ketones is 1. The lowest BCUT2D eigenvalue weighted by Crippen LogP contribution is -2.42. The smallest absolute Gasteiger partial charge is 0.307 e. The molecular formula is C69H126N4O7. The van der Waals surface area contributed by atoms with E-state index in [-0.39, 0.29) is 17.9 Å². The molecule has 0 spiro atoms. The standard InChI is InChI=1S/C69H126N4O7/c1-5-9-13-17-21-25-29-33-37-41-63-78-67(75)48-56-71-53-45-54-73(58-50-69(77)80-65-43-39-35-31-27-23-19-15-11-7-3)62-61-72(57-49-68(76)79-64-42-38-34-30-26-22-18-14-10-6-2)52-44-51-70(59-60-71)55-47-66(74)46-40-36-32-28-24-20-16-12-8-4/h25-32H,5-24,33-65H2,1-4H3/b29-25-,30-26-,31-27-,32-28-. The molecule has 1 aliphatic rings. The van der Waals surface area contributed by atoms with Crippen LogP contribution in [-0.4, -0.2) is 142 Å². The molecule has 1 aliphatic heterocycles. The summed E-state index contributed by atoms with van der Waals surface area (Å²) in [6.45, 7) is 19.4. The van der Waals surface area contributed by atoms with Gasteiger partial charge >= 0.3 is 17.9 Å². The molecule has 0 N–H and O–H groups in total. The minimum atomic E-state index is -0.146. The highest BCUT2D eigenvalue weighted by atomic mass is 16.5. The van der Waals surface area contributed by atoms with Gasteiger partial charge in [0.25, 0.3) is 0 Å². The molecule has 0 bridgehead atoms. The van der Waals surface area contributed by atoms with Crippen molar-refractivity contribution in [3.63, 3.8) is 0 Å². The van der Waals surface area contributed by atoms with Crippen molar-refractivity contribution in [1.29, 1.82) is 0 Å². The van der Waals surface area contributed by atoms with Crippen molar-refractivity contribution in [2.45, 2.75) is 272 Å². The summed E-state index contributed by atoms with van der Waals surface area (Å²) in [5.41, 5.74) is 0. The lowest BCUT2D eigenvalue weighted by molar-refractivity contribution is -0.145. The highest BCUT2D eigenvalue weighted by Gasteiger charge is 2.19. The highest BCUT2D eigenvalue weighted by Crippen LogP contribution is 2.12. The molecule has 0 atom stereocenters. The number of ether oxygens (including phenoxy) is 3. The Balaban J connectivity index is 3.00. The number of esters is 3. The molecule has 11 heteroatoms. The lowest BCUT2D eigenvalue weighted by atomic mass is 10.1. The molecule has 0 aromatic carbocycles. The number of nitrogens with zero attached hydrogens (tertiary/aromatic N) is 4. The molecule has 1 rings (SSSR count). The molecule has 0 saturated carbocycles. The van der Waals surface area contributed by atoms with Gasteiger partial charge in [-0.1, -0.05) is 153 Å². The monoisotopic (exact) mass is 1120 g/mol. The maximum atomic E-state index is 13.3. The summed E-state index contributed by atoms with van der Waals surface area (Å²) in [5, 5.41) is 0. The summed E-state index contributed by atoms with van der Waals surface area (Å²) >= 11 is 0. The van der Waals surface area contributed by atoms with Crippen molar-refractivity contribution in [3.8, 4) is 0 Å².